The van der Waals surface area contributed by atoms with E-state index < -0.39 is 86.7 Å². The van der Waals surface area contributed by atoms with Crippen molar-refractivity contribution in [1.82, 2.24) is 0 Å². The third kappa shape index (κ3) is 31.3. The fourth-order valence-corrected chi connectivity index (χ4v) is 8.49. The maximum atomic E-state index is 13.0. The highest BCUT2D eigenvalue weighted by Gasteiger charge is 2.47. The molecule has 416 valence electrons. The van der Waals surface area contributed by atoms with E-state index in [4.69, 9.17) is 28.4 Å². The van der Waals surface area contributed by atoms with Crippen LogP contribution in [0.15, 0.2) is 72.9 Å². The molecule has 2 fully saturated rings. The van der Waals surface area contributed by atoms with Crippen LogP contribution in [0.5, 0.6) is 0 Å². The van der Waals surface area contributed by atoms with Crippen LogP contribution in [0, 0.1) is 0 Å². The molecule has 0 bridgehead atoms. The van der Waals surface area contributed by atoms with Crippen molar-refractivity contribution in [3.05, 3.63) is 72.9 Å². The van der Waals surface area contributed by atoms with E-state index in [1.807, 2.05) is 12.2 Å². The summed E-state index contributed by atoms with van der Waals surface area (Å²) in [7, 11) is 0. The fourth-order valence-electron chi connectivity index (χ4n) is 8.49. The summed E-state index contributed by atoms with van der Waals surface area (Å²) in [5, 5.41) is 72.3. The van der Waals surface area contributed by atoms with E-state index in [-0.39, 0.29) is 19.6 Å². The minimum Gasteiger partial charge on any atom is -0.457 e. The Morgan fingerprint density at radius 3 is 1.33 bits per heavy atom. The minimum absolute atomic E-state index is 0.0301. The maximum absolute atomic E-state index is 13.0. The van der Waals surface area contributed by atoms with Crippen LogP contribution in [-0.4, -0.2) is 142 Å². The Morgan fingerprint density at radius 1 is 0.472 bits per heavy atom. The molecule has 2 heterocycles. The van der Waals surface area contributed by atoms with Crippen LogP contribution in [0.1, 0.15) is 187 Å². The molecule has 0 spiro atoms. The van der Waals surface area contributed by atoms with Crippen molar-refractivity contribution in [2.45, 2.75) is 255 Å². The SMILES string of the molecule is CC/C=C\C/C=C\C/C=C\C/C=C\C/C=C\C/C=C\CCC(=O)OC(COCCCCCCCCCCCCCCCCCCCCC)COC1OC(COC2OC(CO)C(O)C(O)C2O)C(O)C(O)C1O. The van der Waals surface area contributed by atoms with E-state index in [1.54, 1.807) is 0 Å². The molecule has 72 heavy (non-hydrogen) atoms. The summed E-state index contributed by atoms with van der Waals surface area (Å²) in [6.07, 6.45) is 39.8. The van der Waals surface area contributed by atoms with Gasteiger partial charge in [0.15, 0.2) is 12.6 Å². The Kier molecular flexibility index (Phi) is 40.7. The monoisotopic (exact) mass is 1020 g/mol. The molecule has 14 nitrogen and oxygen atoms in total. The van der Waals surface area contributed by atoms with Gasteiger partial charge in [-0.2, -0.15) is 0 Å². The summed E-state index contributed by atoms with van der Waals surface area (Å²) >= 11 is 0. The number of carbonyl (C=O) groups excluding carboxylic acids is 1. The fraction of sp³-hybridized carbons (Fsp3) is 0.776. The lowest BCUT2D eigenvalue weighted by Gasteiger charge is -2.42. The summed E-state index contributed by atoms with van der Waals surface area (Å²) in [6.45, 7) is 3.49. The van der Waals surface area contributed by atoms with Gasteiger partial charge in [-0.15, -0.1) is 0 Å². The van der Waals surface area contributed by atoms with E-state index in [1.165, 1.54) is 103 Å². The van der Waals surface area contributed by atoms with Crippen molar-refractivity contribution in [2.75, 3.05) is 33.0 Å². The Hall–Kier alpha value is -2.57. The van der Waals surface area contributed by atoms with Crippen LogP contribution in [0.3, 0.4) is 0 Å². The maximum Gasteiger partial charge on any atom is 0.306 e. The van der Waals surface area contributed by atoms with Crippen LogP contribution in [-0.2, 0) is 33.2 Å². The molecule has 0 aliphatic carbocycles. The highest BCUT2D eigenvalue weighted by atomic mass is 16.7. The van der Waals surface area contributed by atoms with E-state index in [2.05, 4.69) is 74.6 Å². The van der Waals surface area contributed by atoms with Crippen molar-refractivity contribution >= 4 is 5.97 Å². The van der Waals surface area contributed by atoms with Crippen LogP contribution in [0.2, 0.25) is 0 Å². The number of hydrogen-bond donors (Lipinski definition) is 7. The standard InChI is InChI=1S/C58H100O14/c1-3-5-7-9-11-13-15-17-19-21-23-25-27-29-31-33-35-37-39-41-50(60)70-47(44-67-42-40-38-36-34-32-30-28-26-24-22-20-18-16-14-12-10-8-6-4-2)45-68-57-56(66)54(64)52(62)49(72-57)46-69-58-55(65)53(63)51(61)48(43-59)71-58/h5,7,11,13,17,19,23,25,29,31,35,37,47-49,51-59,61-66H,3-4,6,8-10,12,14-16,18,20-22,24,26-28,30,32-34,36,38-46H2,1-2H3/b7-5-,13-11-,19-17-,25-23-,31-29-,37-35-. The minimum atomic E-state index is -1.72. The van der Waals surface area contributed by atoms with Crippen molar-refractivity contribution in [2.24, 2.45) is 0 Å². The first-order valence-electron chi connectivity index (χ1n) is 28.0. The number of unbranched alkanes of at least 4 members (excludes halogenated alkanes) is 18. The lowest BCUT2D eigenvalue weighted by molar-refractivity contribution is -0.332. The van der Waals surface area contributed by atoms with E-state index in [0.717, 1.165) is 57.8 Å². The number of rotatable bonds is 44. The number of allylic oxidation sites excluding steroid dienone is 12. The first kappa shape index (κ1) is 65.5. The number of aliphatic hydroxyl groups excluding tert-OH is 7. The molecule has 11 unspecified atom stereocenters. The number of hydrogen-bond acceptors (Lipinski definition) is 14. The molecule has 0 aromatic heterocycles. The van der Waals surface area contributed by atoms with Gasteiger partial charge in [-0.3, -0.25) is 4.79 Å². The lowest BCUT2D eigenvalue weighted by Crippen LogP contribution is -2.61. The Labute approximate surface area is 434 Å². The van der Waals surface area contributed by atoms with E-state index in [9.17, 15) is 40.5 Å². The predicted molar refractivity (Wildman–Crippen MR) is 284 cm³/mol. The number of esters is 1. The van der Waals surface area contributed by atoms with Crippen molar-refractivity contribution in [3.63, 3.8) is 0 Å². The largest absolute Gasteiger partial charge is 0.457 e. The summed E-state index contributed by atoms with van der Waals surface area (Å²) in [5.74, 6) is -0.457. The summed E-state index contributed by atoms with van der Waals surface area (Å²) in [5.41, 5.74) is 0. The van der Waals surface area contributed by atoms with Gasteiger partial charge in [-0.1, -0.05) is 202 Å². The second-order valence-corrected chi connectivity index (χ2v) is 19.4. The average Bonchev–Trinajstić information content (AvgIpc) is 3.38. The van der Waals surface area contributed by atoms with Crippen LogP contribution in [0.4, 0.5) is 0 Å². The molecule has 0 aromatic rings. The molecule has 0 aromatic carbocycles. The second-order valence-electron chi connectivity index (χ2n) is 19.4. The Balaban J connectivity index is 1.77. The summed E-state index contributed by atoms with van der Waals surface area (Å²) in [4.78, 5) is 13.0. The van der Waals surface area contributed by atoms with Gasteiger partial charge in [0.2, 0.25) is 0 Å². The average molecular weight is 1020 g/mol. The number of carbonyl (C=O) groups is 1. The molecular formula is C58H100O14. The molecule has 0 amide bonds. The summed E-state index contributed by atoms with van der Waals surface area (Å²) < 4.78 is 34.3. The molecule has 2 rings (SSSR count). The highest BCUT2D eigenvalue weighted by Crippen LogP contribution is 2.26. The van der Waals surface area contributed by atoms with Gasteiger partial charge in [0.1, 0.15) is 54.9 Å². The van der Waals surface area contributed by atoms with Gasteiger partial charge in [0.25, 0.3) is 0 Å². The first-order chi connectivity index (χ1) is 35.1. The van der Waals surface area contributed by atoms with Crippen molar-refractivity contribution in [3.8, 4) is 0 Å². The topological polar surface area (TPSA) is 214 Å². The first-order valence-corrected chi connectivity index (χ1v) is 28.0. The van der Waals surface area contributed by atoms with Crippen molar-refractivity contribution < 1.29 is 69.0 Å². The predicted octanol–water partition coefficient (Wildman–Crippen LogP) is 9.47. The molecule has 7 N–H and O–H groups in total. The van der Waals surface area contributed by atoms with Gasteiger partial charge in [0.05, 0.1) is 26.4 Å². The van der Waals surface area contributed by atoms with Crippen LogP contribution < -0.4 is 0 Å². The van der Waals surface area contributed by atoms with Crippen LogP contribution >= 0.6 is 0 Å². The number of aliphatic hydroxyl groups is 7. The van der Waals surface area contributed by atoms with E-state index in [0.29, 0.717) is 13.0 Å². The molecule has 0 radical (unpaired) electrons. The smallest absolute Gasteiger partial charge is 0.306 e. The third-order valence-corrected chi connectivity index (χ3v) is 13.0. The zero-order chi connectivity index (χ0) is 52.3. The van der Waals surface area contributed by atoms with Gasteiger partial charge in [-0.25, -0.2) is 0 Å². The van der Waals surface area contributed by atoms with E-state index >= 15 is 0 Å². The molecule has 0 saturated carbocycles. The normalized spacial score (nSPS) is 25.7. The quantitative estimate of drug-likeness (QED) is 0.0172. The van der Waals surface area contributed by atoms with Gasteiger partial charge in [-0.05, 0) is 51.4 Å². The van der Waals surface area contributed by atoms with Crippen molar-refractivity contribution in [1.29, 1.82) is 0 Å². The zero-order valence-corrected chi connectivity index (χ0v) is 44.4. The molecule has 14 heteroatoms. The second kappa shape index (κ2) is 44.7. The molecule has 2 aliphatic heterocycles. The molecule has 2 aliphatic rings. The van der Waals surface area contributed by atoms with Gasteiger partial charge < -0.3 is 64.2 Å². The highest BCUT2D eigenvalue weighted by molar-refractivity contribution is 5.69. The molecule has 11 atom stereocenters. The third-order valence-electron chi connectivity index (χ3n) is 13.0. The Bertz CT molecular complexity index is 1460. The van der Waals surface area contributed by atoms with Gasteiger partial charge in [0, 0.05) is 13.0 Å². The lowest BCUT2D eigenvalue weighted by atomic mass is 9.98. The number of ether oxygens (including phenoxy) is 6. The Morgan fingerprint density at radius 2 is 0.875 bits per heavy atom. The van der Waals surface area contributed by atoms with Crippen LogP contribution in [0.25, 0.3) is 0 Å². The van der Waals surface area contributed by atoms with Gasteiger partial charge >= 0.3 is 5.97 Å². The molecular weight excluding hydrogens is 921 g/mol. The zero-order valence-electron chi connectivity index (χ0n) is 44.4. The molecule has 2 saturated heterocycles. The summed E-state index contributed by atoms with van der Waals surface area (Å²) in [6, 6.07) is 0.